The number of sulfone groups is 1. The minimum Gasteiger partial charge on any atom is -0.340 e. The number of rotatable bonds is 4. The molecule has 0 bridgehead atoms. The number of aryl methyl sites for hydroxylation is 1. The van der Waals surface area contributed by atoms with E-state index in [0.29, 0.717) is 31.2 Å². The lowest BCUT2D eigenvalue weighted by Crippen LogP contribution is -2.51. The van der Waals surface area contributed by atoms with Gasteiger partial charge in [-0.15, -0.1) is 0 Å². The molecule has 1 aromatic rings. The van der Waals surface area contributed by atoms with Gasteiger partial charge in [0.05, 0.1) is 23.5 Å². The summed E-state index contributed by atoms with van der Waals surface area (Å²) in [6.07, 6.45) is 1.20. The molecule has 0 spiro atoms. The topological polar surface area (TPSA) is 96.6 Å². The van der Waals surface area contributed by atoms with Gasteiger partial charge in [0.25, 0.3) is 0 Å². The normalized spacial score (nSPS) is 25.8. The van der Waals surface area contributed by atoms with E-state index >= 15 is 0 Å². The lowest BCUT2D eigenvalue weighted by molar-refractivity contribution is -0.136. The number of aromatic nitrogens is 2. The molecule has 2 saturated heterocycles. The predicted octanol–water partition coefficient (Wildman–Crippen LogP) is 0.272. The van der Waals surface area contributed by atoms with Crippen LogP contribution in [0.2, 0.25) is 0 Å². The van der Waals surface area contributed by atoms with Gasteiger partial charge < -0.3 is 9.42 Å². The first kappa shape index (κ1) is 17.3. The van der Waals surface area contributed by atoms with Crippen LogP contribution in [0.5, 0.6) is 0 Å². The summed E-state index contributed by atoms with van der Waals surface area (Å²) in [5.74, 6) is 1.07. The number of hydrogen-bond acceptors (Lipinski definition) is 7. The second-order valence-electron chi connectivity index (χ2n) is 6.54. The van der Waals surface area contributed by atoms with Crippen LogP contribution in [0, 0.1) is 5.92 Å². The van der Waals surface area contributed by atoms with Crippen molar-refractivity contribution in [2.75, 3.05) is 37.7 Å². The summed E-state index contributed by atoms with van der Waals surface area (Å²) in [5, 5.41) is 3.93. The molecule has 24 heavy (non-hydrogen) atoms. The number of hydrogen-bond donors (Lipinski definition) is 0. The van der Waals surface area contributed by atoms with Gasteiger partial charge in [0.2, 0.25) is 11.8 Å². The van der Waals surface area contributed by atoms with Crippen LogP contribution in [0.25, 0.3) is 0 Å². The molecule has 2 aliphatic rings. The van der Waals surface area contributed by atoms with Gasteiger partial charge in [0, 0.05) is 32.6 Å². The van der Waals surface area contributed by atoms with Crippen LogP contribution in [-0.4, -0.2) is 72.0 Å². The lowest BCUT2D eigenvalue weighted by atomic mass is 10.1. The van der Waals surface area contributed by atoms with Crippen LogP contribution in [-0.2, 0) is 21.1 Å². The smallest absolute Gasteiger partial charge is 0.243 e. The van der Waals surface area contributed by atoms with Crippen LogP contribution >= 0.6 is 0 Å². The Morgan fingerprint density at radius 2 is 2.04 bits per heavy atom. The SMILES string of the molecule is CCc1noc([C@H](C)N2CCN(C(=O)[C@@H]3CCS(=O)(=O)C3)CC2)n1. The molecule has 1 aromatic heterocycles. The summed E-state index contributed by atoms with van der Waals surface area (Å²) >= 11 is 0. The Morgan fingerprint density at radius 3 is 2.58 bits per heavy atom. The average molecular weight is 356 g/mol. The van der Waals surface area contributed by atoms with Crippen LogP contribution in [0.1, 0.15) is 38.0 Å². The zero-order chi connectivity index (χ0) is 17.3. The molecule has 2 atom stereocenters. The largest absolute Gasteiger partial charge is 0.340 e. The van der Waals surface area contributed by atoms with Crippen LogP contribution in [0.3, 0.4) is 0 Å². The Kier molecular flexibility index (Phi) is 4.91. The van der Waals surface area contributed by atoms with Gasteiger partial charge in [-0.2, -0.15) is 4.98 Å². The molecule has 8 nitrogen and oxygen atoms in total. The van der Waals surface area contributed by atoms with Crippen molar-refractivity contribution in [1.29, 1.82) is 0 Å². The highest BCUT2D eigenvalue weighted by Crippen LogP contribution is 2.24. The van der Waals surface area contributed by atoms with Gasteiger partial charge in [-0.05, 0) is 13.3 Å². The molecule has 3 heterocycles. The molecule has 0 N–H and O–H groups in total. The Labute approximate surface area is 142 Å². The minimum atomic E-state index is -3.03. The van der Waals surface area contributed by atoms with Crippen molar-refractivity contribution in [3.63, 3.8) is 0 Å². The number of carbonyl (C=O) groups is 1. The van der Waals surface area contributed by atoms with Crippen LogP contribution < -0.4 is 0 Å². The molecule has 0 radical (unpaired) electrons. The average Bonchev–Trinajstić information content (AvgIpc) is 3.20. The van der Waals surface area contributed by atoms with Crippen molar-refractivity contribution in [3.05, 3.63) is 11.7 Å². The maximum Gasteiger partial charge on any atom is 0.243 e. The highest BCUT2D eigenvalue weighted by molar-refractivity contribution is 7.91. The van der Waals surface area contributed by atoms with E-state index in [4.69, 9.17) is 4.52 Å². The summed E-state index contributed by atoms with van der Waals surface area (Å²) in [5.41, 5.74) is 0. The van der Waals surface area contributed by atoms with Crippen molar-refractivity contribution in [2.45, 2.75) is 32.7 Å². The monoisotopic (exact) mass is 356 g/mol. The molecule has 134 valence electrons. The first-order valence-electron chi connectivity index (χ1n) is 8.45. The molecule has 9 heteroatoms. The van der Waals surface area contributed by atoms with Gasteiger partial charge >= 0.3 is 0 Å². The lowest BCUT2D eigenvalue weighted by Gasteiger charge is -2.37. The van der Waals surface area contributed by atoms with Crippen molar-refractivity contribution in [3.8, 4) is 0 Å². The fourth-order valence-corrected chi connectivity index (χ4v) is 5.05. The van der Waals surface area contributed by atoms with E-state index in [9.17, 15) is 13.2 Å². The first-order chi connectivity index (χ1) is 11.4. The van der Waals surface area contributed by atoms with Gasteiger partial charge in [-0.25, -0.2) is 8.42 Å². The van der Waals surface area contributed by atoms with Gasteiger partial charge in [0.1, 0.15) is 0 Å². The third-order valence-corrected chi connectivity index (χ3v) is 6.68. The molecular formula is C15H24N4O4S. The summed E-state index contributed by atoms with van der Waals surface area (Å²) in [4.78, 5) is 20.9. The van der Waals surface area contributed by atoms with Gasteiger partial charge in [-0.1, -0.05) is 12.1 Å². The molecule has 0 unspecified atom stereocenters. The van der Waals surface area contributed by atoms with E-state index in [1.807, 2.05) is 13.8 Å². The van der Waals surface area contributed by atoms with Crippen molar-refractivity contribution in [2.24, 2.45) is 5.92 Å². The van der Waals surface area contributed by atoms with E-state index < -0.39 is 9.84 Å². The third-order valence-electron chi connectivity index (χ3n) is 4.91. The number of piperazine rings is 1. The Bertz CT molecular complexity index is 694. The molecule has 2 fully saturated rings. The summed E-state index contributed by atoms with van der Waals surface area (Å²) < 4.78 is 28.4. The van der Waals surface area contributed by atoms with Crippen molar-refractivity contribution in [1.82, 2.24) is 19.9 Å². The molecule has 1 amide bonds. The van der Waals surface area contributed by atoms with E-state index in [1.165, 1.54) is 0 Å². The molecular weight excluding hydrogens is 332 g/mol. The quantitative estimate of drug-likeness (QED) is 0.764. The van der Waals surface area contributed by atoms with Gasteiger partial charge in [-0.3, -0.25) is 9.69 Å². The molecule has 2 aliphatic heterocycles. The predicted molar refractivity (Wildman–Crippen MR) is 87.0 cm³/mol. The second kappa shape index (κ2) is 6.79. The second-order valence-corrected chi connectivity index (χ2v) is 8.77. The standard InChI is InChI=1S/C15H24N4O4S/c1-3-13-16-14(23-17-13)11(2)18-5-7-19(8-6-18)15(20)12-4-9-24(21,22)10-12/h11-12H,3-10H2,1-2H3/t11-,12+/m0/s1. The highest BCUT2D eigenvalue weighted by atomic mass is 32.2. The fourth-order valence-electron chi connectivity index (χ4n) is 3.31. The molecule has 0 saturated carbocycles. The Morgan fingerprint density at radius 1 is 1.33 bits per heavy atom. The maximum absolute atomic E-state index is 12.5. The number of nitrogens with zero attached hydrogens (tertiary/aromatic N) is 4. The summed E-state index contributed by atoms with van der Waals surface area (Å²) in [6, 6.07) is 0.0157. The maximum atomic E-state index is 12.5. The van der Waals surface area contributed by atoms with Crippen molar-refractivity contribution >= 4 is 15.7 Å². The Balaban J connectivity index is 1.54. The Hall–Kier alpha value is -1.48. The highest BCUT2D eigenvalue weighted by Gasteiger charge is 2.37. The van der Waals surface area contributed by atoms with E-state index in [0.717, 1.165) is 19.5 Å². The van der Waals surface area contributed by atoms with Crippen LogP contribution in [0.4, 0.5) is 0 Å². The van der Waals surface area contributed by atoms with Gasteiger partial charge in [0.15, 0.2) is 15.7 Å². The number of amides is 1. The fraction of sp³-hybridized carbons (Fsp3) is 0.800. The zero-order valence-corrected chi connectivity index (χ0v) is 15.0. The van der Waals surface area contributed by atoms with E-state index in [-0.39, 0.29) is 29.4 Å². The summed E-state index contributed by atoms with van der Waals surface area (Å²) in [7, 11) is -3.03. The summed E-state index contributed by atoms with van der Waals surface area (Å²) in [6.45, 7) is 6.65. The van der Waals surface area contributed by atoms with E-state index in [1.54, 1.807) is 4.90 Å². The van der Waals surface area contributed by atoms with Crippen molar-refractivity contribution < 1.29 is 17.7 Å². The molecule has 0 aliphatic carbocycles. The number of carbonyl (C=O) groups excluding carboxylic acids is 1. The molecule has 3 rings (SSSR count). The minimum absolute atomic E-state index is 0.00420. The van der Waals surface area contributed by atoms with Crippen LogP contribution in [0.15, 0.2) is 4.52 Å². The van der Waals surface area contributed by atoms with E-state index in [2.05, 4.69) is 15.0 Å². The molecule has 0 aromatic carbocycles. The zero-order valence-electron chi connectivity index (χ0n) is 14.1. The third kappa shape index (κ3) is 3.61. The first-order valence-corrected chi connectivity index (χ1v) is 10.3.